The van der Waals surface area contributed by atoms with Crippen LogP contribution in [0, 0.1) is 12.8 Å². The molecule has 1 aromatic heterocycles. The van der Waals surface area contributed by atoms with E-state index in [4.69, 9.17) is 5.73 Å². The Kier molecular flexibility index (Phi) is 5.63. The molecule has 0 bridgehead atoms. The van der Waals surface area contributed by atoms with Gasteiger partial charge in [0.25, 0.3) is 5.91 Å². The van der Waals surface area contributed by atoms with Crippen molar-refractivity contribution in [2.75, 3.05) is 6.54 Å². The fourth-order valence-electron chi connectivity index (χ4n) is 3.42. The van der Waals surface area contributed by atoms with Crippen molar-refractivity contribution in [2.45, 2.75) is 45.1 Å². The van der Waals surface area contributed by atoms with Crippen molar-refractivity contribution in [2.24, 2.45) is 11.7 Å². The highest BCUT2D eigenvalue weighted by molar-refractivity contribution is 7.13. The smallest absolute Gasteiger partial charge is 0.263 e. The minimum Gasteiger partial charge on any atom is -0.348 e. The largest absolute Gasteiger partial charge is 0.348 e. The van der Waals surface area contributed by atoms with E-state index in [0.717, 1.165) is 34.8 Å². The van der Waals surface area contributed by atoms with E-state index in [1.165, 1.54) is 29.7 Å². The number of hydrogen-bond donors (Lipinski definition) is 2. The summed E-state index contributed by atoms with van der Waals surface area (Å²) >= 11 is 1.51. The first-order valence-electron chi connectivity index (χ1n) is 8.68. The van der Waals surface area contributed by atoms with Crippen molar-refractivity contribution in [3.05, 3.63) is 51.5 Å². The molecule has 24 heavy (non-hydrogen) atoms. The number of aryl methyl sites for hydroxylation is 1. The Labute approximate surface area is 147 Å². The monoisotopic (exact) mass is 343 g/mol. The second-order valence-electron chi connectivity index (χ2n) is 6.54. The molecular formula is C19H25N3OS. The summed E-state index contributed by atoms with van der Waals surface area (Å²) in [5.74, 6) is 0.411. The lowest BCUT2D eigenvalue weighted by Crippen LogP contribution is -2.44. The zero-order valence-electron chi connectivity index (χ0n) is 14.1. The maximum Gasteiger partial charge on any atom is 0.263 e. The number of thiazole rings is 1. The number of hydrogen-bond acceptors (Lipinski definition) is 4. The van der Waals surface area contributed by atoms with Gasteiger partial charge in [-0.3, -0.25) is 4.79 Å². The number of nitrogens with two attached hydrogens (primary N) is 1. The Morgan fingerprint density at radius 3 is 2.79 bits per heavy atom. The molecule has 0 saturated heterocycles. The molecule has 5 heteroatoms. The Hall–Kier alpha value is -1.72. The molecule has 0 spiro atoms. The standard InChI is InChI=1S/C19H25N3OS/c1-13-18(19(23)22-16-10-6-5-9-15(16)12-20)24-17(21-13)11-14-7-3-2-4-8-14/h2-4,7-8,15-16H,5-6,9-12,20H2,1H3,(H,22,23). The van der Waals surface area contributed by atoms with E-state index in [1.54, 1.807) is 0 Å². The molecule has 2 aromatic rings. The number of carbonyl (C=O) groups excluding carboxylic acids is 1. The minimum absolute atomic E-state index is 0.00895. The third-order valence-corrected chi connectivity index (χ3v) is 5.93. The first-order valence-corrected chi connectivity index (χ1v) is 9.50. The molecule has 1 saturated carbocycles. The molecule has 0 radical (unpaired) electrons. The van der Waals surface area contributed by atoms with Crippen LogP contribution in [0.5, 0.6) is 0 Å². The van der Waals surface area contributed by atoms with E-state index < -0.39 is 0 Å². The molecule has 4 nitrogen and oxygen atoms in total. The van der Waals surface area contributed by atoms with Crippen LogP contribution in [-0.4, -0.2) is 23.5 Å². The molecule has 1 heterocycles. The summed E-state index contributed by atoms with van der Waals surface area (Å²) in [4.78, 5) is 18.0. The molecule has 128 valence electrons. The van der Waals surface area contributed by atoms with Crippen LogP contribution < -0.4 is 11.1 Å². The average Bonchev–Trinajstić information content (AvgIpc) is 2.96. The molecule has 1 amide bonds. The van der Waals surface area contributed by atoms with Crippen LogP contribution in [0.3, 0.4) is 0 Å². The van der Waals surface area contributed by atoms with Crippen LogP contribution in [0.4, 0.5) is 0 Å². The Bertz CT molecular complexity index is 683. The molecule has 1 fully saturated rings. The van der Waals surface area contributed by atoms with Gasteiger partial charge in [0.1, 0.15) is 4.88 Å². The van der Waals surface area contributed by atoms with Gasteiger partial charge < -0.3 is 11.1 Å². The second kappa shape index (κ2) is 7.90. The van der Waals surface area contributed by atoms with Crippen molar-refractivity contribution >= 4 is 17.2 Å². The van der Waals surface area contributed by atoms with Crippen LogP contribution in [0.2, 0.25) is 0 Å². The topological polar surface area (TPSA) is 68.0 Å². The number of nitrogens with one attached hydrogen (secondary N) is 1. The highest BCUT2D eigenvalue weighted by atomic mass is 32.1. The van der Waals surface area contributed by atoms with Crippen molar-refractivity contribution in [1.82, 2.24) is 10.3 Å². The lowest BCUT2D eigenvalue weighted by Gasteiger charge is -2.31. The van der Waals surface area contributed by atoms with Gasteiger partial charge in [-0.15, -0.1) is 11.3 Å². The van der Waals surface area contributed by atoms with E-state index in [9.17, 15) is 4.79 Å². The van der Waals surface area contributed by atoms with Gasteiger partial charge in [-0.2, -0.15) is 0 Å². The van der Waals surface area contributed by atoms with Gasteiger partial charge in [-0.1, -0.05) is 43.2 Å². The van der Waals surface area contributed by atoms with Gasteiger partial charge in [0.05, 0.1) is 10.7 Å². The number of nitrogens with zero attached hydrogens (tertiary/aromatic N) is 1. The van der Waals surface area contributed by atoms with Crippen LogP contribution in [0.25, 0.3) is 0 Å². The Morgan fingerprint density at radius 2 is 2.04 bits per heavy atom. The number of benzene rings is 1. The predicted octanol–water partition coefficient (Wildman–Crippen LogP) is 3.29. The minimum atomic E-state index is 0.00895. The van der Waals surface area contributed by atoms with Crippen LogP contribution in [0.1, 0.15) is 51.6 Å². The van der Waals surface area contributed by atoms with Gasteiger partial charge in [0.15, 0.2) is 0 Å². The normalized spacial score (nSPS) is 20.8. The summed E-state index contributed by atoms with van der Waals surface area (Å²) in [5.41, 5.74) is 7.91. The molecule has 2 atom stereocenters. The summed E-state index contributed by atoms with van der Waals surface area (Å²) in [6.45, 7) is 2.56. The quantitative estimate of drug-likeness (QED) is 0.875. The summed E-state index contributed by atoms with van der Waals surface area (Å²) in [7, 11) is 0. The second-order valence-corrected chi connectivity index (χ2v) is 7.63. The average molecular weight is 343 g/mol. The maximum absolute atomic E-state index is 12.7. The lowest BCUT2D eigenvalue weighted by atomic mass is 9.84. The Balaban J connectivity index is 1.68. The molecule has 2 unspecified atom stereocenters. The van der Waals surface area contributed by atoms with Gasteiger partial charge in [-0.25, -0.2) is 4.98 Å². The van der Waals surface area contributed by atoms with Crippen molar-refractivity contribution in [3.63, 3.8) is 0 Å². The van der Waals surface area contributed by atoms with E-state index in [1.807, 2.05) is 25.1 Å². The molecule has 0 aliphatic heterocycles. The molecule has 1 aliphatic rings. The van der Waals surface area contributed by atoms with Crippen LogP contribution >= 0.6 is 11.3 Å². The maximum atomic E-state index is 12.7. The van der Waals surface area contributed by atoms with Crippen molar-refractivity contribution in [3.8, 4) is 0 Å². The summed E-state index contributed by atoms with van der Waals surface area (Å²) in [6.07, 6.45) is 5.30. The summed E-state index contributed by atoms with van der Waals surface area (Å²) in [6, 6.07) is 10.4. The van der Waals surface area contributed by atoms with Crippen LogP contribution in [0.15, 0.2) is 30.3 Å². The molecule has 3 rings (SSSR count). The SMILES string of the molecule is Cc1nc(Cc2ccccc2)sc1C(=O)NC1CCCCC1CN. The van der Waals surface area contributed by atoms with Crippen molar-refractivity contribution in [1.29, 1.82) is 0 Å². The third-order valence-electron chi connectivity index (χ3n) is 4.77. The lowest BCUT2D eigenvalue weighted by molar-refractivity contribution is 0.0911. The highest BCUT2D eigenvalue weighted by Gasteiger charge is 2.27. The molecule has 1 aromatic carbocycles. The number of amides is 1. The molecule has 3 N–H and O–H groups in total. The van der Waals surface area contributed by atoms with Gasteiger partial charge in [-0.05, 0) is 37.8 Å². The molecule has 1 aliphatic carbocycles. The summed E-state index contributed by atoms with van der Waals surface area (Å²) in [5, 5.41) is 4.19. The van der Waals surface area contributed by atoms with Crippen molar-refractivity contribution < 1.29 is 4.79 Å². The predicted molar refractivity (Wildman–Crippen MR) is 98.4 cm³/mol. The number of aromatic nitrogens is 1. The van der Waals surface area contributed by atoms with E-state index in [2.05, 4.69) is 22.4 Å². The Morgan fingerprint density at radius 1 is 1.29 bits per heavy atom. The summed E-state index contributed by atoms with van der Waals surface area (Å²) < 4.78 is 0. The molecular weight excluding hydrogens is 318 g/mol. The number of carbonyl (C=O) groups is 1. The van der Waals surface area contributed by atoms with Gasteiger partial charge in [0, 0.05) is 12.5 Å². The first kappa shape index (κ1) is 17.1. The third kappa shape index (κ3) is 4.02. The van der Waals surface area contributed by atoms with Crippen LogP contribution in [-0.2, 0) is 6.42 Å². The first-order chi connectivity index (χ1) is 11.7. The van der Waals surface area contributed by atoms with Gasteiger partial charge in [0.2, 0.25) is 0 Å². The van der Waals surface area contributed by atoms with E-state index >= 15 is 0 Å². The zero-order valence-corrected chi connectivity index (χ0v) is 14.9. The van der Waals surface area contributed by atoms with Gasteiger partial charge >= 0.3 is 0 Å². The number of rotatable bonds is 5. The highest BCUT2D eigenvalue weighted by Crippen LogP contribution is 2.25. The zero-order chi connectivity index (χ0) is 16.9. The fraction of sp³-hybridized carbons (Fsp3) is 0.474. The van der Waals surface area contributed by atoms with E-state index in [0.29, 0.717) is 12.5 Å². The fourth-order valence-corrected chi connectivity index (χ4v) is 4.42. The van der Waals surface area contributed by atoms with E-state index in [-0.39, 0.29) is 11.9 Å².